The molecule has 2 aromatic rings. The maximum absolute atomic E-state index is 12.7. The van der Waals surface area contributed by atoms with Gasteiger partial charge in [-0.05, 0) is 49.2 Å². The van der Waals surface area contributed by atoms with E-state index in [4.69, 9.17) is 9.47 Å². The molecule has 1 fully saturated rings. The zero-order chi connectivity index (χ0) is 19.1. The summed E-state index contributed by atoms with van der Waals surface area (Å²) in [5, 5.41) is 3.03. The standard InChI is InChI=1S/C22H28N2O3/c1-26-20-12-8-11-19(21(20)27-2)22(25)23-15-17-9-4-5-10-18(17)16-24-13-6-3-7-14-24/h4-5,8-12H,3,6-7,13-16H2,1-2H3,(H,23,25). The van der Waals surface area contributed by atoms with Crippen molar-refractivity contribution in [3.05, 3.63) is 59.2 Å². The smallest absolute Gasteiger partial charge is 0.255 e. The number of nitrogens with one attached hydrogen (secondary N) is 1. The van der Waals surface area contributed by atoms with Crippen LogP contribution in [0.3, 0.4) is 0 Å². The highest BCUT2D eigenvalue weighted by Crippen LogP contribution is 2.30. The second-order valence-electron chi connectivity index (χ2n) is 6.83. The van der Waals surface area contributed by atoms with E-state index in [0.29, 0.717) is 23.6 Å². The van der Waals surface area contributed by atoms with E-state index in [2.05, 4.69) is 28.4 Å². The number of hydrogen-bond donors (Lipinski definition) is 1. The number of hydrogen-bond acceptors (Lipinski definition) is 4. The molecule has 27 heavy (non-hydrogen) atoms. The normalized spacial score (nSPS) is 14.6. The van der Waals surface area contributed by atoms with Gasteiger partial charge < -0.3 is 14.8 Å². The maximum atomic E-state index is 12.7. The maximum Gasteiger partial charge on any atom is 0.255 e. The van der Waals surface area contributed by atoms with E-state index in [1.807, 2.05) is 6.07 Å². The molecule has 5 nitrogen and oxygen atoms in total. The lowest BCUT2D eigenvalue weighted by atomic mass is 10.0. The van der Waals surface area contributed by atoms with Crippen LogP contribution in [0.15, 0.2) is 42.5 Å². The molecule has 0 aliphatic carbocycles. The first-order valence-electron chi connectivity index (χ1n) is 9.51. The number of carbonyl (C=O) groups excluding carboxylic acids is 1. The van der Waals surface area contributed by atoms with Crippen LogP contribution in [-0.4, -0.2) is 38.1 Å². The van der Waals surface area contributed by atoms with Crippen LogP contribution in [0.25, 0.3) is 0 Å². The summed E-state index contributed by atoms with van der Waals surface area (Å²) in [5.74, 6) is 0.841. The minimum Gasteiger partial charge on any atom is -0.493 e. The Morgan fingerprint density at radius 3 is 2.41 bits per heavy atom. The lowest BCUT2D eigenvalue weighted by molar-refractivity contribution is 0.0947. The largest absolute Gasteiger partial charge is 0.493 e. The Bertz CT molecular complexity index is 770. The zero-order valence-corrected chi connectivity index (χ0v) is 16.2. The number of ether oxygens (including phenoxy) is 2. The van der Waals surface area contributed by atoms with Gasteiger partial charge in [-0.25, -0.2) is 0 Å². The highest BCUT2D eigenvalue weighted by molar-refractivity contribution is 5.97. The molecule has 3 rings (SSSR count). The average molecular weight is 368 g/mol. The lowest BCUT2D eigenvalue weighted by Crippen LogP contribution is -2.30. The molecule has 2 aromatic carbocycles. The first-order valence-corrected chi connectivity index (χ1v) is 9.51. The highest BCUT2D eigenvalue weighted by atomic mass is 16.5. The van der Waals surface area contributed by atoms with E-state index < -0.39 is 0 Å². The number of likely N-dealkylation sites (tertiary alicyclic amines) is 1. The number of benzene rings is 2. The van der Waals surface area contributed by atoms with Gasteiger partial charge in [0.1, 0.15) is 0 Å². The first kappa shape index (κ1) is 19.2. The van der Waals surface area contributed by atoms with E-state index >= 15 is 0 Å². The third-order valence-corrected chi connectivity index (χ3v) is 5.05. The molecule has 1 aliphatic rings. The second-order valence-corrected chi connectivity index (χ2v) is 6.83. The molecule has 0 atom stereocenters. The summed E-state index contributed by atoms with van der Waals surface area (Å²) in [6.45, 7) is 3.74. The number of piperidine rings is 1. The van der Waals surface area contributed by atoms with Gasteiger partial charge in [-0.1, -0.05) is 36.8 Å². The molecule has 0 aromatic heterocycles. The molecule has 1 heterocycles. The van der Waals surface area contributed by atoms with Crippen molar-refractivity contribution in [3.63, 3.8) is 0 Å². The van der Waals surface area contributed by atoms with E-state index in [-0.39, 0.29) is 5.91 Å². The fourth-order valence-corrected chi connectivity index (χ4v) is 3.58. The number of methoxy groups -OCH3 is 2. The molecular weight excluding hydrogens is 340 g/mol. The zero-order valence-electron chi connectivity index (χ0n) is 16.2. The van der Waals surface area contributed by atoms with Crippen LogP contribution in [0, 0.1) is 0 Å². The molecule has 0 spiro atoms. The van der Waals surface area contributed by atoms with E-state index in [9.17, 15) is 4.79 Å². The van der Waals surface area contributed by atoms with Crippen LogP contribution >= 0.6 is 0 Å². The van der Waals surface area contributed by atoms with Crippen LogP contribution in [0.2, 0.25) is 0 Å². The fourth-order valence-electron chi connectivity index (χ4n) is 3.58. The van der Waals surface area contributed by atoms with Crippen LogP contribution in [0.5, 0.6) is 11.5 Å². The number of amides is 1. The Morgan fingerprint density at radius 2 is 1.70 bits per heavy atom. The van der Waals surface area contributed by atoms with Crippen molar-refractivity contribution in [2.24, 2.45) is 0 Å². The molecule has 144 valence electrons. The van der Waals surface area contributed by atoms with Crippen molar-refractivity contribution in [1.82, 2.24) is 10.2 Å². The van der Waals surface area contributed by atoms with Crippen molar-refractivity contribution in [2.45, 2.75) is 32.4 Å². The molecule has 1 N–H and O–H groups in total. The summed E-state index contributed by atoms with van der Waals surface area (Å²) in [6, 6.07) is 13.6. The van der Waals surface area contributed by atoms with Crippen LogP contribution in [0.1, 0.15) is 40.7 Å². The number of nitrogens with zero attached hydrogens (tertiary/aromatic N) is 1. The Morgan fingerprint density at radius 1 is 0.963 bits per heavy atom. The molecule has 1 saturated heterocycles. The molecule has 0 radical (unpaired) electrons. The van der Waals surface area contributed by atoms with E-state index in [1.165, 1.54) is 24.8 Å². The lowest BCUT2D eigenvalue weighted by Gasteiger charge is -2.27. The van der Waals surface area contributed by atoms with Crippen molar-refractivity contribution in [1.29, 1.82) is 0 Å². The van der Waals surface area contributed by atoms with Crippen molar-refractivity contribution in [2.75, 3.05) is 27.3 Å². The highest BCUT2D eigenvalue weighted by Gasteiger charge is 2.17. The van der Waals surface area contributed by atoms with Gasteiger partial charge in [0.05, 0.1) is 19.8 Å². The van der Waals surface area contributed by atoms with E-state index in [0.717, 1.165) is 25.2 Å². The predicted molar refractivity (Wildman–Crippen MR) is 106 cm³/mol. The summed E-state index contributed by atoms with van der Waals surface area (Å²) in [6.07, 6.45) is 3.87. The fraction of sp³-hybridized carbons (Fsp3) is 0.409. The van der Waals surface area contributed by atoms with Gasteiger partial charge in [-0.3, -0.25) is 9.69 Å². The van der Waals surface area contributed by atoms with Gasteiger partial charge in [0.25, 0.3) is 5.91 Å². The predicted octanol–water partition coefficient (Wildman–Crippen LogP) is 3.62. The number of carbonyl (C=O) groups is 1. The minimum atomic E-state index is -0.168. The molecule has 5 heteroatoms. The second kappa shape index (κ2) is 9.42. The SMILES string of the molecule is COc1cccc(C(=O)NCc2ccccc2CN2CCCCC2)c1OC. The summed E-state index contributed by atoms with van der Waals surface area (Å²) in [7, 11) is 3.11. The monoisotopic (exact) mass is 368 g/mol. The van der Waals surface area contributed by atoms with Gasteiger partial charge in [-0.2, -0.15) is 0 Å². The Hall–Kier alpha value is -2.53. The quantitative estimate of drug-likeness (QED) is 0.811. The van der Waals surface area contributed by atoms with Crippen molar-refractivity contribution >= 4 is 5.91 Å². The Kier molecular flexibility index (Phi) is 6.71. The van der Waals surface area contributed by atoms with Gasteiger partial charge in [0, 0.05) is 13.1 Å². The third kappa shape index (κ3) is 4.80. The Balaban J connectivity index is 1.69. The third-order valence-electron chi connectivity index (χ3n) is 5.05. The van der Waals surface area contributed by atoms with Crippen LogP contribution < -0.4 is 14.8 Å². The van der Waals surface area contributed by atoms with Gasteiger partial charge in [0.2, 0.25) is 0 Å². The number of rotatable bonds is 7. The number of para-hydroxylation sites is 1. The van der Waals surface area contributed by atoms with Crippen molar-refractivity contribution < 1.29 is 14.3 Å². The van der Waals surface area contributed by atoms with Gasteiger partial charge >= 0.3 is 0 Å². The van der Waals surface area contributed by atoms with Crippen LogP contribution in [0.4, 0.5) is 0 Å². The molecule has 0 unspecified atom stereocenters. The molecular formula is C22H28N2O3. The first-order chi connectivity index (χ1) is 13.2. The summed E-state index contributed by atoms with van der Waals surface area (Å²) >= 11 is 0. The van der Waals surface area contributed by atoms with E-state index in [1.54, 1.807) is 32.4 Å². The minimum absolute atomic E-state index is 0.168. The summed E-state index contributed by atoms with van der Waals surface area (Å²) in [4.78, 5) is 15.2. The topological polar surface area (TPSA) is 50.8 Å². The van der Waals surface area contributed by atoms with Crippen LogP contribution in [-0.2, 0) is 13.1 Å². The summed E-state index contributed by atoms with van der Waals surface area (Å²) in [5.41, 5.74) is 2.90. The average Bonchev–Trinajstić information content (AvgIpc) is 2.73. The van der Waals surface area contributed by atoms with Gasteiger partial charge in [-0.15, -0.1) is 0 Å². The van der Waals surface area contributed by atoms with Gasteiger partial charge in [0.15, 0.2) is 11.5 Å². The van der Waals surface area contributed by atoms with Crippen molar-refractivity contribution in [3.8, 4) is 11.5 Å². The molecule has 1 amide bonds. The Labute approximate surface area is 161 Å². The molecule has 0 bridgehead atoms. The molecule has 0 saturated carbocycles. The summed E-state index contributed by atoms with van der Waals surface area (Å²) < 4.78 is 10.7. The molecule has 1 aliphatic heterocycles.